The van der Waals surface area contributed by atoms with Crippen molar-refractivity contribution in [3.8, 4) is 0 Å². The summed E-state index contributed by atoms with van der Waals surface area (Å²) in [5, 5.41) is 4.47. The highest BCUT2D eigenvalue weighted by Gasteiger charge is 2.21. The summed E-state index contributed by atoms with van der Waals surface area (Å²) < 4.78 is 5.23. The summed E-state index contributed by atoms with van der Waals surface area (Å²) in [5.74, 6) is 5.09. The van der Waals surface area contributed by atoms with Crippen molar-refractivity contribution in [3.05, 3.63) is 11.7 Å². The van der Waals surface area contributed by atoms with E-state index in [9.17, 15) is 0 Å². The monoisotopic (exact) mass is 259 g/mol. The Hall–Kier alpha value is -0.200. The van der Waals surface area contributed by atoms with E-state index in [1.807, 2.05) is 30.4 Å². The van der Waals surface area contributed by atoms with Crippen LogP contribution < -0.4 is 5.73 Å². The average molecular weight is 259 g/mol. The van der Waals surface area contributed by atoms with E-state index in [-0.39, 0.29) is 6.04 Å². The molecule has 1 saturated heterocycles. The molecular weight excluding hydrogens is 242 g/mol. The Kier molecular flexibility index (Phi) is 4.55. The third kappa shape index (κ3) is 3.40. The zero-order chi connectivity index (χ0) is 11.4. The van der Waals surface area contributed by atoms with Gasteiger partial charge in [0.05, 0.1) is 5.25 Å². The van der Waals surface area contributed by atoms with Crippen molar-refractivity contribution < 1.29 is 4.52 Å². The number of rotatable bonds is 4. The Bertz CT molecular complexity index is 324. The molecule has 2 heterocycles. The van der Waals surface area contributed by atoms with Gasteiger partial charge >= 0.3 is 0 Å². The highest BCUT2D eigenvalue weighted by Crippen LogP contribution is 2.35. The Morgan fingerprint density at radius 2 is 2.44 bits per heavy atom. The van der Waals surface area contributed by atoms with Gasteiger partial charge in [-0.05, 0) is 13.3 Å². The van der Waals surface area contributed by atoms with Gasteiger partial charge in [-0.25, -0.2) is 0 Å². The first-order valence-electron chi connectivity index (χ1n) is 5.53. The van der Waals surface area contributed by atoms with Crippen molar-refractivity contribution in [1.29, 1.82) is 0 Å². The Balaban J connectivity index is 1.90. The van der Waals surface area contributed by atoms with Crippen molar-refractivity contribution in [3.63, 3.8) is 0 Å². The molecule has 0 aromatic carbocycles. The number of hydrogen-bond acceptors (Lipinski definition) is 6. The van der Waals surface area contributed by atoms with Crippen molar-refractivity contribution in [2.75, 3.05) is 17.3 Å². The van der Waals surface area contributed by atoms with Gasteiger partial charge < -0.3 is 10.3 Å². The van der Waals surface area contributed by atoms with Gasteiger partial charge in [-0.1, -0.05) is 5.16 Å². The Labute approximate surface area is 104 Å². The van der Waals surface area contributed by atoms with E-state index in [2.05, 4.69) is 10.1 Å². The summed E-state index contributed by atoms with van der Waals surface area (Å²) >= 11 is 3.89. The molecule has 2 unspecified atom stereocenters. The minimum absolute atomic E-state index is 0.190. The lowest BCUT2D eigenvalue weighted by atomic mass is 10.2. The van der Waals surface area contributed by atoms with Crippen LogP contribution in [0.4, 0.5) is 0 Å². The molecule has 1 aromatic rings. The molecule has 0 spiro atoms. The highest BCUT2D eigenvalue weighted by atomic mass is 32.2. The average Bonchev–Trinajstić information content (AvgIpc) is 2.76. The maximum atomic E-state index is 5.69. The molecular formula is C10H17N3OS2. The quantitative estimate of drug-likeness (QED) is 0.890. The van der Waals surface area contributed by atoms with Crippen molar-refractivity contribution >= 4 is 23.5 Å². The molecule has 1 aromatic heterocycles. The highest BCUT2D eigenvalue weighted by molar-refractivity contribution is 8.06. The van der Waals surface area contributed by atoms with E-state index in [4.69, 9.17) is 10.3 Å². The lowest BCUT2D eigenvalue weighted by molar-refractivity contribution is 0.367. The van der Waals surface area contributed by atoms with Gasteiger partial charge in [0.25, 0.3) is 0 Å². The number of hydrogen-bond donors (Lipinski definition) is 1. The van der Waals surface area contributed by atoms with Crippen LogP contribution in [-0.2, 0) is 6.42 Å². The van der Waals surface area contributed by atoms with Crippen LogP contribution in [0.3, 0.4) is 0 Å². The lowest BCUT2D eigenvalue weighted by Crippen LogP contribution is -2.15. The molecule has 0 radical (unpaired) electrons. The first kappa shape index (κ1) is 12.3. The van der Waals surface area contributed by atoms with Gasteiger partial charge in [-0.3, -0.25) is 0 Å². The van der Waals surface area contributed by atoms with Gasteiger partial charge in [-0.2, -0.15) is 16.7 Å². The Morgan fingerprint density at radius 1 is 1.56 bits per heavy atom. The maximum Gasteiger partial charge on any atom is 0.226 e. The van der Waals surface area contributed by atoms with Gasteiger partial charge in [-0.15, -0.1) is 11.8 Å². The summed E-state index contributed by atoms with van der Waals surface area (Å²) in [6.45, 7) is 1.99. The first-order chi connectivity index (χ1) is 7.75. The number of nitrogens with two attached hydrogens (primary N) is 1. The van der Waals surface area contributed by atoms with Crippen LogP contribution in [0.15, 0.2) is 4.52 Å². The first-order valence-corrected chi connectivity index (χ1v) is 7.73. The van der Waals surface area contributed by atoms with Crippen molar-refractivity contribution in [2.45, 2.75) is 31.1 Å². The largest absolute Gasteiger partial charge is 0.339 e. The zero-order valence-electron chi connectivity index (χ0n) is 9.39. The van der Waals surface area contributed by atoms with E-state index in [0.717, 1.165) is 30.3 Å². The van der Waals surface area contributed by atoms with Gasteiger partial charge in [0.15, 0.2) is 5.82 Å². The lowest BCUT2D eigenvalue weighted by Gasteiger charge is -2.16. The predicted octanol–water partition coefficient (Wildman–Crippen LogP) is 1.87. The molecule has 2 N–H and O–H groups in total. The number of aryl methyl sites for hydroxylation is 1. The van der Waals surface area contributed by atoms with E-state index in [0.29, 0.717) is 5.25 Å². The summed E-state index contributed by atoms with van der Waals surface area (Å²) in [6, 6.07) is 0.190. The summed E-state index contributed by atoms with van der Waals surface area (Å²) in [4.78, 5) is 4.44. The molecule has 0 bridgehead atoms. The van der Waals surface area contributed by atoms with E-state index in [1.54, 1.807) is 0 Å². The molecule has 1 fully saturated rings. The fourth-order valence-electron chi connectivity index (χ4n) is 1.49. The smallest absolute Gasteiger partial charge is 0.226 e. The van der Waals surface area contributed by atoms with Crippen LogP contribution in [0, 0.1) is 0 Å². The minimum atomic E-state index is 0.190. The molecule has 0 amide bonds. The Morgan fingerprint density at radius 3 is 3.12 bits per heavy atom. The van der Waals surface area contributed by atoms with Crippen LogP contribution in [-0.4, -0.2) is 33.4 Å². The number of nitrogens with zero attached hydrogens (tertiary/aromatic N) is 2. The van der Waals surface area contributed by atoms with Gasteiger partial charge in [0, 0.05) is 29.7 Å². The second kappa shape index (κ2) is 5.93. The zero-order valence-corrected chi connectivity index (χ0v) is 11.0. The molecule has 2 atom stereocenters. The summed E-state index contributed by atoms with van der Waals surface area (Å²) in [6.07, 6.45) is 1.68. The molecule has 4 nitrogen and oxygen atoms in total. The van der Waals surface area contributed by atoms with Crippen LogP contribution in [0.1, 0.15) is 30.3 Å². The molecule has 1 aliphatic heterocycles. The minimum Gasteiger partial charge on any atom is -0.339 e. The fraction of sp³-hybridized carbons (Fsp3) is 0.800. The third-order valence-corrected chi connectivity index (χ3v) is 5.15. The molecule has 1 aliphatic rings. The molecule has 0 aliphatic carbocycles. The standard InChI is InChI=1S/C10H17N3OS2/c1-7(11)2-3-9-12-10(13-14-9)8-6-15-4-5-16-8/h7-8H,2-6,11H2,1H3. The van der Waals surface area contributed by atoms with Crippen LogP contribution >= 0.6 is 23.5 Å². The SMILES string of the molecule is CC(N)CCc1nc(C2CSCCS2)no1. The van der Waals surface area contributed by atoms with Crippen molar-refractivity contribution in [2.24, 2.45) is 5.73 Å². The number of aromatic nitrogens is 2. The van der Waals surface area contributed by atoms with Crippen LogP contribution in [0.25, 0.3) is 0 Å². The van der Waals surface area contributed by atoms with Gasteiger partial charge in [0.2, 0.25) is 5.89 Å². The topological polar surface area (TPSA) is 64.9 Å². The van der Waals surface area contributed by atoms with Crippen LogP contribution in [0.2, 0.25) is 0 Å². The second-order valence-electron chi connectivity index (χ2n) is 4.00. The van der Waals surface area contributed by atoms with Crippen LogP contribution in [0.5, 0.6) is 0 Å². The second-order valence-corrected chi connectivity index (χ2v) is 6.46. The van der Waals surface area contributed by atoms with E-state index in [1.165, 1.54) is 11.5 Å². The van der Waals surface area contributed by atoms with E-state index >= 15 is 0 Å². The summed E-state index contributed by atoms with van der Waals surface area (Å²) in [5.41, 5.74) is 5.69. The summed E-state index contributed by atoms with van der Waals surface area (Å²) in [7, 11) is 0. The third-order valence-electron chi connectivity index (χ3n) is 2.40. The molecule has 2 rings (SSSR count). The predicted molar refractivity (Wildman–Crippen MR) is 68.8 cm³/mol. The normalized spacial score (nSPS) is 23.2. The molecule has 6 heteroatoms. The number of thioether (sulfide) groups is 2. The van der Waals surface area contributed by atoms with Gasteiger partial charge in [0.1, 0.15) is 0 Å². The van der Waals surface area contributed by atoms with Crippen molar-refractivity contribution in [1.82, 2.24) is 10.1 Å². The van der Waals surface area contributed by atoms with E-state index < -0.39 is 0 Å². The fourth-order valence-corrected chi connectivity index (χ4v) is 4.08. The molecule has 90 valence electrons. The molecule has 16 heavy (non-hydrogen) atoms. The maximum absolute atomic E-state index is 5.69. The molecule has 0 saturated carbocycles.